The molecule has 2 aromatic carbocycles. The predicted molar refractivity (Wildman–Crippen MR) is 97.0 cm³/mol. The van der Waals surface area contributed by atoms with E-state index in [9.17, 15) is 9.18 Å². The van der Waals surface area contributed by atoms with Crippen molar-refractivity contribution in [3.8, 4) is 0 Å². The fourth-order valence-corrected chi connectivity index (χ4v) is 3.16. The Morgan fingerprint density at radius 3 is 2.88 bits per heavy atom. The zero-order valence-corrected chi connectivity index (χ0v) is 14.5. The maximum atomic E-state index is 13.1. The minimum Gasteiger partial charge on any atom is -0.323 e. The second-order valence-electron chi connectivity index (χ2n) is 5.21. The number of hydrogen-bond donors (Lipinski definition) is 1. The number of thioether (sulfide) groups is 1. The molecule has 7 heteroatoms. The number of benzene rings is 2. The maximum Gasteiger partial charge on any atom is 0.244 e. The number of para-hydroxylation sites is 2. The molecule has 0 unspecified atom stereocenters. The lowest BCUT2D eigenvalue weighted by Gasteiger charge is -2.10. The number of halogens is 2. The lowest BCUT2D eigenvalue weighted by Crippen LogP contribution is -2.20. The fraction of sp³-hybridized carbons (Fsp3) is 0.176. The van der Waals surface area contributed by atoms with E-state index in [1.807, 2.05) is 35.1 Å². The number of carbonyl (C=O) groups is 1. The lowest BCUT2D eigenvalue weighted by atomic mass is 10.3. The van der Waals surface area contributed by atoms with Gasteiger partial charge in [-0.25, -0.2) is 9.37 Å². The van der Waals surface area contributed by atoms with Gasteiger partial charge in [0.05, 0.1) is 27.5 Å². The Balaban J connectivity index is 1.85. The number of nitrogens with one attached hydrogen (secondary N) is 1. The molecule has 24 heavy (non-hydrogen) atoms. The van der Waals surface area contributed by atoms with Gasteiger partial charge in [-0.1, -0.05) is 23.7 Å². The van der Waals surface area contributed by atoms with Gasteiger partial charge in [-0.05, 0) is 36.6 Å². The van der Waals surface area contributed by atoms with Crippen LogP contribution in [0.1, 0.15) is 5.82 Å². The topological polar surface area (TPSA) is 46.9 Å². The highest BCUT2D eigenvalue weighted by Crippen LogP contribution is 2.23. The quantitative estimate of drug-likeness (QED) is 0.733. The fourth-order valence-electron chi connectivity index (χ4n) is 2.47. The molecule has 1 N–H and O–H groups in total. The standard InChI is InChI=1S/C17H15ClFN3OS/c1-24-10-16-20-14-4-2-3-5-15(14)22(16)9-17(23)21-13-7-6-11(19)8-12(13)18/h2-8H,9-10H2,1H3,(H,21,23). The number of rotatable bonds is 5. The van der Waals surface area contributed by atoms with Crippen molar-refractivity contribution in [3.05, 3.63) is 59.1 Å². The lowest BCUT2D eigenvalue weighted by molar-refractivity contribution is -0.116. The summed E-state index contributed by atoms with van der Waals surface area (Å²) in [6.07, 6.45) is 1.99. The highest BCUT2D eigenvalue weighted by molar-refractivity contribution is 7.97. The molecule has 0 aliphatic carbocycles. The van der Waals surface area contributed by atoms with E-state index in [-0.39, 0.29) is 17.5 Å². The van der Waals surface area contributed by atoms with Crippen molar-refractivity contribution in [2.45, 2.75) is 12.3 Å². The molecule has 0 bridgehead atoms. The first-order chi connectivity index (χ1) is 11.6. The van der Waals surface area contributed by atoms with Crippen LogP contribution in [0.5, 0.6) is 0 Å². The molecule has 0 saturated carbocycles. The number of nitrogens with zero attached hydrogens (tertiary/aromatic N) is 2. The highest BCUT2D eigenvalue weighted by Gasteiger charge is 2.14. The SMILES string of the molecule is CSCc1nc2ccccc2n1CC(=O)Nc1ccc(F)cc1Cl. The highest BCUT2D eigenvalue weighted by atomic mass is 35.5. The Hall–Kier alpha value is -2.05. The minimum atomic E-state index is -0.444. The van der Waals surface area contributed by atoms with Crippen molar-refractivity contribution >= 4 is 46.0 Å². The van der Waals surface area contributed by atoms with Crippen molar-refractivity contribution in [3.63, 3.8) is 0 Å². The average Bonchev–Trinajstić information content (AvgIpc) is 2.88. The van der Waals surface area contributed by atoms with Gasteiger partial charge in [0, 0.05) is 0 Å². The molecule has 0 aliphatic rings. The first-order valence-corrected chi connectivity index (χ1v) is 9.03. The maximum absolute atomic E-state index is 13.1. The molecule has 3 rings (SSSR count). The molecule has 0 atom stereocenters. The number of anilines is 1. The summed E-state index contributed by atoms with van der Waals surface area (Å²) in [6.45, 7) is 0.115. The third kappa shape index (κ3) is 3.55. The van der Waals surface area contributed by atoms with Gasteiger partial charge in [0.1, 0.15) is 18.2 Å². The van der Waals surface area contributed by atoms with Crippen LogP contribution in [0, 0.1) is 5.82 Å². The summed E-state index contributed by atoms with van der Waals surface area (Å²) in [5, 5.41) is 2.89. The molecule has 0 aliphatic heterocycles. The van der Waals surface area contributed by atoms with Crippen molar-refractivity contribution in [1.29, 1.82) is 0 Å². The van der Waals surface area contributed by atoms with Gasteiger partial charge < -0.3 is 9.88 Å². The van der Waals surface area contributed by atoms with Crippen LogP contribution in [0.15, 0.2) is 42.5 Å². The van der Waals surface area contributed by atoms with Crippen LogP contribution < -0.4 is 5.32 Å². The Morgan fingerprint density at radius 2 is 2.12 bits per heavy atom. The molecule has 0 spiro atoms. The molecule has 3 aromatic rings. The predicted octanol–water partition coefficient (Wildman–Crippen LogP) is 4.33. The monoisotopic (exact) mass is 363 g/mol. The molecule has 1 amide bonds. The molecule has 0 fully saturated rings. The van der Waals surface area contributed by atoms with Crippen LogP contribution in [0.4, 0.5) is 10.1 Å². The van der Waals surface area contributed by atoms with Crippen molar-refractivity contribution < 1.29 is 9.18 Å². The van der Waals surface area contributed by atoms with Gasteiger partial charge in [0.15, 0.2) is 0 Å². The molecule has 1 heterocycles. The van der Waals surface area contributed by atoms with Gasteiger partial charge in [-0.2, -0.15) is 11.8 Å². The number of aromatic nitrogens is 2. The summed E-state index contributed by atoms with van der Waals surface area (Å²) in [5.74, 6) is 0.859. The van der Waals surface area contributed by atoms with Crippen molar-refractivity contribution in [2.24, 2.45) is 0 Å². The molecular weight excluding hydrogens is 349 g/mol. The van der Waals surface area contributed by atoms with Gasteiger partial charge in [-0.15, -0.1) is 0 Å². The third-order valence-corrected chi connectivity index (χ3v) is 4.37. The number of hydrogen-bond acceptors (Lipinski definition) is 3. The van der Waals surface area contributed by atoms with E-state index in [1.54, 1.807) is 11.8 Å². The van der Waals surface area contributed by atoms with Crippen LogP contribution in [0.3, 0.4) is 0 Å². The van der Waals surface area contributed by atoms with E-state index >= 15 is 0 Å². The number of fused-ring (bicyclic) bond motifs is 1. The first-order valence-electron chi connectivity index (χ1n) is 7.26. The van der Waals surface area contributed by atoms with E-state index in [2.05, 4.69) is 10.3 Å². The van der Waals surface area contributed by atoms with E-state index in [4.69, 9.17) is 11.6 Å². The Kier molecular flexibility index (Phi) is 5.06. The number of imidazole rings is 1. The average molecular weight is 364 g/mol. The summed E-state index contributed by atoms with van der Waals surface area (Å²) >= 11 is 7.60. The molecule has 0 radical (unpaired) electrons. The summed E-state index contributed by atoms with van der Waals surface area (Å²) in [7, 11) is 0. The second kappa shape index (κ2) is 7.23. The number of amides is 1. The first kappa shape index (κ1) is 16.8. The third-order valence-electron chi connectivity index (χ3n) is 3.51. The minimum absolute atomic E-state index is 0.115. The van der Waals surface area contributed by atoms with E-state index in [0.717, 1.165) is 16.9 Å². The largest absolute Gasteiger partial charge is 0.323 e. The van der Waals surface area contributed by atoms with Crippen molar-refractivity contribution in [2.75, 3.05) is 11.6 Å². The molecule has 1 aromatic heterocycles. The van der Waals surface area contributed by atoms with Crippen LogP contribution >= 0.6 is 23.4 Å². The van der Waals surface area contributed by atoms with E-state index in [0.29, 0.717) is 11.4 Å². The van der Waals surface area contributed by atoms with Gasteiger partial charge in [0.2, 0.25) is 5.91 Å². The summed E-state index contributed by atoms with van der Waals surface area (Å²) in [4.78, 5) is 17.0. The summed E-state index contributed by atoms with van der Waals surface area (Å²) in [5.41, 5.74) is 2.15. The van der Waals surface area contributed by atoms with E-state index < -0.39 is 5.82 Å². The van der Waals surface area contributed by atoms with Crippen LogP contribution in [0.25, 0.3) is 11.0 Å². The van der Waals surface area contributed by atoms with Gasteiger partial charge in [0.25, 0.3) is 0 Å². The van der Waals surface area contributed by atoms with Crippen LogP contribution in [0.2, 0.25) is 5.02 Å². The van der Waals surface area contributed by atoms with Gasteiger partial charge >= 0.3 is 0 Å². The zero-order valence-electron chi connectivity index (χ0n) is 12.9. The van der Waals surface area contributed by atoms with Crippen LogP contribution in [-0.2, 0) is 17.1 Å². The van der Waals surface area contributed by atoms with Crippen LogP contribution in [-0.4, -0.2) is 21.7 Å². The Morgan fingerprint density at radius 1 is 1.33 bits per heavy atom. The van der Waals surface area contributed by atoms with Gasteiger partial charge in [-0.3, -0.25) is 4.79 Å². The molecule has 124 valence electrons. The Bertz CT molecular complexity index is 897. The normalized spacial score (nSPS) is 11.0. The van der Waals surface area contributed by atoms with E-state index in [1.165, 1.54) is 18.2 Å². The smallest absolute Gasteiger partial charge is 0.244 e. The zero-order chi connectivity index (χ0) is 17.1. The molecule has 0 saturated heterocycles. The number of carbonyl (C=O) groups excluding carboxylic acids is 1. The Labute approximate surface area is 148 Å². The summed E-state index contributed by atoms with van der Waals surface area (Å²) < 4.78 is 15.0. The molecular formula is C17H15ClFN3OS. The van der Waals surface area contributed by atoms with Crippen molar-refractivity contribution in [1.82, 2.24) is 9.55 Å². The molecule has 4 nitrogen and oxygen atoms in total. The second-order valence-corrected chi connectivity index (χ2v) is 6.48. The summed E-state index contributed by atoms with van der Waals surface area (Å²) in [6, 6.07) is 11.6.